The van der Waals surface area contributed by atoms with Crippen molar-refractivity contribution in [2.75, 3.05) is 6.26 Å². The zero-order valence-corrected chi connectivity index (χ0v) is 13.2. The third-order valence-corrected chi connectivity index (χ3v) is 5.41. The van der Waals surface area contributed by atoms with Crippen LogP contribution in [0, 0.1) is 0 Å². The molecule has 0 radical (unpaired) electrons. The third kappa shape index (κ3) is 3.20. The normalized spacial score (nSPS) is 12.8. The Morgan fingerprint density at radius 3 is 2.10 bits per heavy atom. The lowest BCUT2D eigenvalue weighted by molar-refractivity contribution is -0.258. The molecule has 10 heteroatoms. The third-order valence-electron chi connectivity index (χ3n) is 2.86. The molecule has 0 atom stereocenters. The summed E-state index contributed by atoms with van der Waals surface area (Å²) < 4.78 is 63.4. The highest BCUT2D eigenvalue weighted by Gasteiger charge is 2.20. The molecule has 0 heterocycles. The number of thioether (sulfide) groups is 1. The molecule has 0 aliphatic heterocycles. The molecular weight excluding hydrogens is 338 g/mol. The van der Waals surface area contributed by atoms with Gasteiger partial charge in [0.1, 0.15) is 5.69 Å². The summed E-state index contributed by atoms with van der Waals surface area (Å²) in [6.45, 7) is 0. The first kappa shape index (κ1) is 16.2. The average Bonchev–Trinajstić information content (AvgIpc) is 2.34. The largest absolute Gasteiger partial charge is 0.324 e. The number of fused-ring (bicyclic) bond motifs is 1. The highest BCUT2D eigenvalue weighted by atomic mass is 32.2. The first-order valence-corrected chi connectivity index (χ1v) is 9.57. The predicted octanol–water partition coefficient (Wildman–Crippen LogP) is 0.928. The summed E-state index contributed by atoms with van der Waals surface area (Å²) >= 11 is 1.24. The van der Waals surface area contributed by atoms with Gasteiger partial charge in [0.15, 0.2) is 4.90 Å². The molecule has 0 aromatic heterocycles. The first-order chi connectivity index (χ1) is 9.54. The maximum absolute atomic E-state index is 11.3. The molecular formula is C11H12NO6S3+. The van der Waals surface area contributed by atoms with Crippen LogP contribution >= 0.6 is 11.8 Å². The van der Waals surface area contributed by atoms with Gasteiger partial charge in [-0.05, 0) is 29.8 Å². The van der Waals surface area contributed by atoms with E-state index in [9.17, 15) is 16.8 Å². The summed E-state index contributed by atoms with van der Waals surface area (Å²) in [5, 5.41) is 0.835. The lowest BCUT2D eigenvalue weighted by Crippen LogP contribution is -2.41. The molecule has 2 aromatic carbocycles. The molecule has 0 spiro atoms. The zero-order chi connectivity index (χ0) is 16.0. The van der Waals surface area contributed by atoms with Gasteiger partial charge in [-0.3, -0.25) is 9.11 Å². The van der Waals surface area contributed by atoms with Gasteiger partial charge >= 0.3 is 0 Å². The van der Waals surface area contributed by atoms with Crippen LogP contribution in [0.15, 0.2) is 39.0 Å². The van der Waals surface area contributed by atoms with Crippen molar-refractivity contribution in [2.45, 2.75) is 14.7 Å². The van der Waals surface area contributed by atoms with Gasteiger partial charge in [-0.25, -0.2) is 0 Å². The highest BCUT2D eigenvalue weighted by Crippen LogP contribution is 2.33. The second-order valence-electron chi connectivity index (χ2n) is 4.26. The molecule has 0 unspecified atom stereocenters. The molecule has 0 amide bonds. The molecule has 0 saturated carbocycles. The molecule has 114 valence electrons. The smallest absolute Gasteiger partial charge is 0.300 e. The fourth-order valence-corrected chi connectivity index (χ4v) is 3.86. The molecule has 2 aromatic rings. The van der Waals surface area contributed by atoms with Crippen LogP contribution in [0.1, 0.15) is 0 Å². The topological polar surface area (TPSA) is 136 Å². The zero-order valence-electron chi connectivity index (χ0n) is 10.8. The van der Waals surface area contributed by atoms with Gasteiger partial charge in [0.05, 0.1) is 4.90 Å². The van der Waals surface area contributed by atoms with E-state index in [2.05, 4.69) is 5.73 Å². The Kier molecular flexibility index (Phi) is 4.04. The lowest BCUT2D eigenvalue weighted by atomic mass is 10.1. The van der Waals surface area contributed by atoms with E-state index in [-0.39, 0.29) is 16.0 Å². The van der Waals surface area contributed by atoms with Gasteiger partial charge in [0, 0.05) is 16.3 Å². The SMILES string of the molecule is CSc1cc(S(=O)(=O)O)cc2cc(S(=O)(=O)O)c([NH3+])cc12. The highest BCUT2D eigenvalue weighted by molar-refractivity contribution is 7.98. The Morgan fingerprint density at radius 2 is 1.62 bits per heavy atom. The van der Waals surface area contributed by atoms with Gasteiger partial charge in [0.2, 0.25) is 0 Å². The van der Waals surface area contributed by atoms with E-state index in [1.165, 1.54) is 23.9 Å². The minimum absolute atomic E-state index is 0.0971. The van der Waals surface area contributed by atoms with Crippen LogP contribution in [0.3, 0.4) is 0 Å². The number of quaternary nitrogens is 1. The second kappa shape index (κ2) is 5.23. The summed E-state index contributed by atoms with van der Waals surface area (Å²) in [6, 6.07) is 4.99. The van der Waals surface area contributed by atoms with Gasteiger partial charge in [-0.2, -0.15) is 16.8 Å². The second-order valence-corrected chi connectivity index (χ2v) is 7.92. The van der Waals surface area contributed by atoms with Crippen LogP contribution in [0.25, 0.3) is 10.8 Å². The van der Waals surface area contributed by atoms with Gasteiger partial charge in [-0.15, -0.1) is 11.8 Å². The Bertz CT molecular complexity index is 934. The van der Waals surface area contributed by atoms with Crippen molar-refractivity contribution in [3.05, 3.63) is 24.3 Å². The van der Waals surface area contributed by atoms with E-state index in [1.807, 2.05) is 0 Å². The summed E-state index contributed by atoms with van der Waals surface area (Å²) in [5.74, 6) is 0. The number of hydrogen-bond acceptors (Lipinski definition) is 5. The van der Waals surface area contributed by atoms with Crippen LogP contribution in [0.5, 0.6) is 0 Å². The van der Waals surface area contributed by atoms with Gasteiger partial charge in [0.25, 0.3) is 20.2 Å². The summed E-state index contributed by atoms with van der Waals surface area (Å²) in [6.07, 6.45) is 1.71. The molecule has 0 aliphatic carbocycles. The van der Waals surface area contributed by atoms with Crippen LogP contribution in [-0.4, -0.2) is 32.2 Å². The van der Waals surface area contributed by atoms with Crippen molar-refractivity contribution < 1.29 is 31.7 Å². The molecule has 7 nitrogen and oxygen atoms in total. The van der Waals surface area contributed by atoms with Crippen LogP contribution in [0.2, 0.25) is 0 Å². The standard InChI is InChI=1S/C11H11NO6S3/c1-19-10-4-7(20(13,14)15)2-6-3-11(21(16,17)18)9(12)5-8(6)10/h2-5H,12H2,1H3,(H,13,14,15)(H,16,17,18)/p+1. The molecule has 0 saturated heterocycles. The molecule has 0 bridgehead atoms. The lowest BCUT2D eigenvalue weighted by Gasteiger charge is -2.09. The summed E-state index contributed by atoms with van der Waals surface area (Å²) in [7, 11) is -8.90. The molecule has 2 rings (SSSR count). The van der Waals surface area contributed by atoms with Crippen molar-refractivity contribution in [3.63, 3.8) is 0 Å². The fraction of sp³-hybridized carbons (Fsp3) is 0.0909. The Hall–Kier alpha value is -1.17. The minimum atomic E-state index is -4.47. The van der Waals surface area contributed by atoms with Crippen molar-refractivity contribution in [1.29, 1.82) is 0 Å². The monoisotopic (exact) mass is 350 g/mol. The summed E-state index contributed by atoms with van der Waals surface area (Å²) in [4.78, 5) is -0.223. The minimum Gasteiger partial charge on any atom is -0.324 e. The van der Waals surface area contributed by atoms with Crippen LogP contribution in [-0.2, 0) is 20.2 Å². The van der Waals surface area contributed by atoms with Crippen molar-refractivity contribution >= 4 is 48.5 Å². The maximum atomic E-state index is 11.3. The predicted molar refractivity (Wildman–Crippen MR) is 77.9 cm³/mol. The van der Waals surface area contributed by atoms with E-state index in [0.29, 0.717) is 10.3 Å². The van der Waals surface area contributed by atoms with Crippen LogP contribution < -0.4 is 5.73 Å². The van der Waals surface area contributed by atoms with Crippen molar-refractivity contribution in [2.24, 2.45) is 0 Å². The van der Waals surface area contributed by atoms with Gasteiger partial charge in [-0.1, -0.05) is 0 Å². The van der Waals surface area contributed by atoms with E-state index in [1.54, 1.807) is 6.26 Å². The average molecular weight is 350 g/mol. The quantitative estimate of drug-likeness (QED) is 0.553. The van der Waals surface area contributed by atoms with E-state index < -0.39 is 25.1 Å². The molecule has 21 heavy (non-hydrogen) atoms. The fourth-order valence-electron chi connectivity index (χ4n) is 1.93. The Morgan fingerprint density at radius 1 is 1.00 bits per heavy atom. The van der Waals surface area contributed by atoms with E-state index >= 15 is 0 Å². The summed E-state index contributed by atoms with van der Waals surface area (Å²) in [5.41, 5.74) is 3.66. The van der Waals surface area contributed by atoms with Crippen LogP contribution in [0.4, 0.5) is 5.69 Å². The Labute approximate surface area is 125 Å². The number of rotatable bonds is 3. The maximum Gasteiger partial charge on any atom is 0.300 e. The van der Waals surface area contributed by atoms with E-state index in [4.69, 9.17) is 9.11 Å². The van der Waals surface area contributed by atoms with Crippen molar-refractivity contribution in [3.8, 4) is 0 Å². The first-order valence-electron chi connectivity index (χ1n) is 5.47. The number of hydrogen-bond donors (Lipinski definition) is 3. The molecule has 0 aliphatic rings. The number of benzene rings is 2. The van der Waals surface area contributed by atoms with E-state index in [0.717, 1.165) is 12.1 Å². The Balaban J connectivity index is 2.95. The molecule has 5 N–H and O–H groups in total. The van der Waals surface area contributed by atoms with Crippen molar-refractivity contribution in [1.82, 2.24) is 0 Å². The van der Waals surface area contributed by atoms with Gasteiger partial charge < -0.3 is 5.73 Å². The molecule has 0 fully saturated rings.